The summed E-state index contributed by atoms with van der Waals surface area (Å²) in [6.45, 7) is 2.51. The number of nitrogens with two attached hydrogens (primary N) is 1. The molecule has 1 fully saturated rings. The number of thioether (sulfide) groups is 1. The summed E-state index contributed by atoms with van der Waals surface area (Å²) in [5.41, 5.74) is 7.08. The number of methoxy groups -OCH3 is 1. The third-order valence-corrected chi connectivity index (χ3v) is 4.43. The summed E-state index contributed by atoms with van der Waals surface area (Å²) in [4.78, 5) is 6.61. The Labute approximate surface area is 126 Å². The zero-order valence-corrected chi connectivity index (χ0v) is 13.3. The maximum Gasteiger partial charge on any atom is 0.191 e. The van der Waals surface area contributed by atoms with Crippen molar-refractivity contribution >= 4 is 33.7 Å². The van der Waals surface area contributed by atoms with Crippen molar-refractivity contribution in [3.05, 3.63) is 28.2 Å². The van der Waals surface area contributed by atoms with Crippen molar-refractivity contribution in [2.24, 2.45) is 10.7 Å². The second-order valence-electron chi connectivity index (χ2n) is 4.23. The lowest BCUT2D eigenvalue weighted by Crippen LogP contribution is -2.42. The number of nitrogens with zero attached hydrogens (tertiary/aromatic N) is 2. The molecule has 1 aliphatic rings. The minimum absolute atomic E-state index is 0.548. The first kappa shape index (κ1) is 14.5. The van der Waals surface area contributed by atoms with Crippen molar-refractivity contribution < 1.29 is 4.74 Å². The van der Waals surface area contributed by atoms with E-state index in [1.54, 1.807) is 7.11 Å². The normalized spacial score (nSPS) is 16.5. The van der Waals surface area contributed by atoms with Crippen molar-refractivity contribution in [3.63, 3.8) is 0 Å². The van der Waals surface area contributed by atoms with Crippen molar-refractivity contribution in [1.29, 1.82) is 0 Å². The zero-order valence-electron chi connectivity index (χ0n) is 10.9. The van der Waals surface area contributed by atoms with E-state index < -0.39 is 0 Å². The van der Waals surface area contributed by atoms with Gasteiger partial charge in [0.1, 0.15) is 5.75 Å². The lowest BCUT2D eigenvalue weighted by molar-refractivity contribution is 0.409. The van der Waals surface area contributed by atoms with E-state index in [0.717, 1.165) is 40.4 Å². The third kappa shape index (κ3) is 4.04. The molecule has 2 rings (SSSR count). The van der Waals surface area contributed by atoms with Crippen molar-refractivity contribution in [2.75, 3.05) is 31.7 Å². The molecule has 0 aromatic heterocycles. The largest absolute Gasteiger partial charge is 0.496 e. The Hall–Kier alpha value is -0.880. The highest BCUT2D eigenvalue weighted by atomic mass is 79.9. The van der Waals surface area contributed by atoms with E-state index >= 15 is 0 Å². The van der Waals surface area contributed by atoms with Crippen LogP contribution in [0, 0.1) is 0 Å². The minimum atomic E-state index is 0.548. The Bertz CT molecular complexity index is 461. The van der Waals surface area contributed by atoms with Crippen LogP contribution in [0.1, 0.15) is 5.56 Å². The quantitative estimate of drug-likeness (QED) is 0.675. The van der Waals surface area contributed by atoms with Gasteiger partial charge in [-0.15, -0.1) is 0 Å². The molecule has 6 heteroatoms. The molecule has 1 saturated heterocycles. The molecule has 0 bridgehead atoms. The van der Waals surface area contributed by atoms with Gasteiger partial charge in [0.25, 0.3) is 0 Å². The van der Waals surface area contributed by atoms with Crippen LogP contribution >= 0.6 is 27.7 Å². The standard InChI is InChI=1S/C13H18BrN3OS/c1-18-12-8-11(14)3-2-10(12)9-16-13(15)17-4-6-19-7-5-17/h2-3,8H,4-7,9H2,1H3,(H2,15,16). The lowest BCUT2D eigenvalue weighted by Gasteiger charge is -2.27. The SMILES string of the molecule is COc1cc(Br)ccc1CN=C(N)N1CCSCC1. The molecule has 0 saturated carbocycles. The Morgan fingerprint density at radius 3 is 2.89 bits per heavy atom. The van der Waals surface area contributed by atoms with Gasteiger partial charge in [-0.05, 0) is 12.1 Å². The van der Waals surface area contributed by atoms with Crippen LogP contribution in [0.2, 0.25) is 0 Å². The molecule has 1 aromatic carbocycles. The number of halogens is 1. The average Bonchev–Trinajstić information content (AvgIpc) is 2.46. The first-order valence-corrected chi connectivity index (χ1v) is 8.10. The summed E-state index contributed by atoms with van der Waals surface area (Å²) in [7, 11) is 1.67. The van der Waals surface area contributed by atoms with E-state index in [1.165, 1.54) is 0 Å². The van der Waals surface area contributed by atoms with Crippen LogP contribution < -0.4 is 10.5 Å². The number of hydrogen-bond acceptors (Lipinski definition) is 3. The number of guanidine groups is 1. The Kier molecular flexibility index (Phi) is 5.39. The number of benzene rings is 1. The molecule has 0 radical (unpaired) electrons. The van der Waals surface area contributed by atoms with Gasteiger partial charge >= 0.3 is 0 Å². The van der Waals surface area contributed by atoms with Gasteiger partial charge in [0.05, 0.1) is 13.7 Å². The monoisotopic (exact) mass is 343 g/mol. The number of rotatable bonds is 3. The van der Waals surface area contributed by atoms with E-state index in [1.807, 2.05) is 30.0 Å². The maximum atomic E-state index is 6.03. The second-order valence-corrected chi connectivity index (χ2v) is 6.37. The molecule has 1 aliphatic heterocycles. The van der Waals surface area contributed by atoms with Crippen LogP contribution in [0.15, 0.2) is 27.7 Å². The molecule has 0 amide bonds. The molecular formula is C13H18BrN3OS. The summed E-state index contributed by atoms with van der Waals surface area (Å²) in [6, 6.07) is 5.94. The molecule has 0 atom stereocenters. The first-order chi connectivity index (χ1) is 9.20. The summed E-state index contributed by atoms with van der Waals surface area (Å²) < 4.78 is 6.35. The van der Waals surface area contributed by atoms with Gasteiger partial charge < -0.3 is 15.4 Å². The van der Waals surface area contributed by atoms with Gasteiger partial charge in [-0.3, -0.25) is 0 Å². The van der Waals surface area contributed by atoms with E-state index in [9.17, 15) is 0 Å². The molecule has 1 aromatic rings. The molecule has 1 heterocycles. The van der Waals surface area contributed by atoms with E-state index in [4.69, 9.17) is 10.5 Å². The highest BCUT2D eigenvalue weighted by Gasteiger charge is 2.12. The second kappa shape index (κ2) is 7.05. The van der Waals surface area contributed by atoms with Gasteiger partial charge in [0.15, 0.2) is 5.96 Å². The fraction of sp³-hybridized carbons (Fsp3) is 0.462. The molecule has 0 unspecified atom stereocenters. The lowest BCUT2D eigenvalue weighted by atomic mass is 10.2. The zero-order chi connectivity index (χ0) is 13.7. The van der Waals surface area contributed by atoms with Crippen LogP contribution in [0.25, 0.3) is 0 Å². The van der Waals surface area contributed by atoms with Crippen LogP contribution in [-0.4, -0.2) is 42.6 Å². The van der Waals surface area contributed by atoms with Crippen molar-refractivity contribution in [3.8, 4) is 5.75 Å². The van der Waals surface area contributed by atoms with E-state index in [2.05, 4.69) is 25.8 Å². The fourth-order valence-corrected chi connectivity index (χ4v) is 3.15. The van der Waals surface area contributed by atoms with Crippen LogP contribution in [0.5, 0.6) is 5.75 Å². The summed E-state index contributed by atoms with van der Waals surface area (Å²) in [5.74, 6) is 3.71. The summed E-state index contributed by atoms with van der Waals surface area (Å²) in [5, 5.41) is 0. The maximum absolute atomic E-state index is 6.03. The molecule has 4 nitrogen and oxygen atoms in total. The topological polar surface area (TPSA) is 50.9 Å². The number of ether oxygens (including phenoxy) is 1. The highest BCUT2D eigenvalue weighted by molar-refractivity contribution is 9.10. The van der Waals surface area contributed by atoms with Crippen molar-refractivity contribution in [1.82, 2.24) is 4.90 Å². The van der Waals surface area contributed by atoms with Gasteiger partial charge in [-0.25, -0.2) is 4.99 Å². The van der Waals surface area contributed by atoms with Gasteiger partial charge in [-0.1, -0.05) is 22.0 Å². The predicted molar refractivity (Wildman–Crippen MR) is 84.9 cm³/mol. The van der Waals surface area contributed by atoms with Crippen LogP contribution in [-0.2, 0) is 6.54 Å². The third-order valence-electron chi connectivity index (χ3n) is 3.00. The van der Waals surface area contributed by atoms with Crippen LogP contribution in [0.4, 0.5) is 0 Å². The van der Waals surface area contributed by atoms with Crippen LogP contribution in [0.3, 0.4) is 0 Å². The smallest absolute Gasteiger partial charge is 0.191 e. The van der Waals surface area contributed by atoms with E-state index in [0.29, 0.717) is 12.5 Å². The Morgan fingerprint density at radius 1 is 1.47 bits per heavy atom. The van der Waals surface area contributed by atoms with Gasteiger partial charge in [-0.2, -0.15) is 11.8 Å². The van der Waals surface area contributed by atoms with Crippen molar-refractivity contribution in [2.45, 2.75) is 6.54 Å². The van der Waals surface area contributed by atoms with Gasteiger partial charge in [0, 0.05) is 34.6 Å². The summed E-state index contributed by atoms with van der Waals surface area (Å²) in [6.07, 6.45) is 0. The summed E-state index contributed by atoms with van der Waals surface area (Å²) >= 11 is 5.39. The number of hydrogen-bond donors (Lipinski definition) is 1. The fourth-order valence-electron chi connectivity index (χ4n) is 1.91. The Morgan fingerprint density at radius 2 is 2.21 bits per heavy atom. The molecule has 104 valence electrons. The Balaban J connectivity index is 2.04. The van der Waals surface area contributed by atoms with Gasteiger partial charge in [0.2, 0.25) is 0 Å². The molecule has 0 spiro atoms. The average molecular weight is 344 g/mol. The molecule has 19 heavy (non-hydrogen) atoms. The molecular weight excluding hydrogens is 326 g/mol. The minimum Gasteiger partial charge on any atom is -0.496 e. The first-order valence-electron chi connectivity index (χ1n) is 6.15. The predicted octanol–water partition coefficient (Wildman–Crippen LogP) is 2.32. The molecule has 2 N–H and O–H groups in total. The highest BCUT2D eigenvalue weighted by Crippen LogP contribution is 2.24. The number of aliphatic imine (C=N–C) groups is 1. The molecule has 0 aliphatic carbocycles. The van der Waals surface area contributed by atoms with E-state index in [-0.39, 0.29) is 0 Å².